The maximum atomic E-state index is 14.3. The first-order valence-electron chi connectivity index (χ1n) is 22.9. The zero-order chi connectivity index (χ0) is 44.0. The third kappa shape index (κ3) is 8.49. The number of imidazole rings is 2. The third-order valence-corrected chi connectivity index (χ3v) is 15.0. The van der Waals surface area contributed by atoms with Crippen LogP contribution in [0.15, 0.2) is 60.9 Å². The minimum Gasteiger partial charge on any atom is -0.453 e. The molecule has 6 aliphatic rings. The number of hydrogen-bond acceptors (Lipinski definition) is 10. The first kappa shape index (κ1) is 42.2. The number of carbonyl (C=O) groups is 4. The predicted octanol–water partition coefficient (Wildman–Crippen LogP) is 6.54. The van der Waals surface area contributed by atoms with Gasteiger partial charge in [-0.15, -0.1) is 0 Å². The summed E-state index contributed by atoms with van der Waals surface area (Å²) in [5.41, 5.74) is 6.06. The predicted molar refractivity (Wildman–Crippen MR) is 234 cm³/mol. The molecule has 16 nitrogen and oxygen atoms in total. The number of aromatic amines is 2. The lowest BCUT2D eigenvalue weighted by molar-refractivity contribution is -0.137. The van der Waals surface area contributed by atoms with Crippen LogP contribution in [0.25, 0.3) is 33.6 Å². The summed E-state index contributed by atoms with van der Waals surface area (Å²) in [5, 5.41) is 5.72. The van der Waals surface area contributed by atoms with Crippen molar-refractivity contribution in [1.82, 2.24) is 40.4 Å². The summed E-state index contributed by atoms with van der Waals surface area (Å²) in [4.78, 5) is 74.0. The van der Waals surface area contributed by atoms with Gasteiger partial charge in [0.15, 0.2) is 0 Å². The molecule has 10 rings (SSSR count). The molecule has 2 aromatic heterocycles. The van der Waals surface area contributed by atoms with E-state index in [2.05, 4.69) is 69.1 Å². The number of methoxy groups -OCH3 is 2. The van der Waals surface area contributed by atoms with Gasteiger partial charge in [-0.3, -0.25) is 9.59 Å². The largest absolute Gasteiger partial charge is 0.453 e. The first-order chi connectivity index (χ1) is 31.1. The fourth-order valence-electron chi connectivity index (χ4n) is 10.7. The van der Waals surface area contributed by atoms with Gasteiger partial charge < -0.3 is 49.3 Å². The summed E-state index contributed by atoms with van der Waals surface area (Å²) in [5.74, 6) is 1.28. The average Bonchev–Trinajstić information content (AvgIpc) is 3.91. The normalized spacial score (nSPS) is 23.5. The average molecular weight is 875 g/mol. The summed E-state index contributed by atoms with van der Waals surface area (Å²) in [6.45, 7) is 3.56. The molecule has 2 spiro atoms. The second-order valence-electron chi connectivity index (χ2n) is 19.0. The molecular weight excluding hydrogens is 817 g/mol. The number of hydrogen-bond donors (Lipinski definition) is 4. The van der Waals surface area contributed by atoms with E-state index in [4.69, 9.17) is 28.9 Å². The molecule has 16 heteroatoms. The number of H-pyrrole nitrogens is 2. The van der Waals surface area contributed by atoms with E-state index in [1.807, 2.05) is 22.2 Å². The van der Waals surface area contributed by atoms with E-state index in [0.29, 0.717) is 65.2 Å². The van der Waals surface area contributed by atoms with Crippen LogP contribution in [-0.4, -0.2) is 120 Å². The number of nitrogens with zero attached hydrogens (tertiary/aromatic N) is 4. The van der Waals surface area contributed by atoms with Crippen LogP contribution in [0.2, 0.25) is 0 Å². The minimum absolute atomic E-state index is 0.0284. The van der Waals surface area contributed by atoms with Gasteiger partial charge in [0.05, 0.1) is 50.1 Å². The number of likely N-dealkylation sites (tertiary alicyclic amines) is 2. The Balaban J connectivity index is 0.816. The van der Waals surface area contributed by atoms with Gasteiger partial charge in [0.25, 0.3) is 0 Å². The van der Waals surface area contributed by atoms with Gasteiger partial charge >= 0.3 is 12.2 Å². The van der Waals surface area contributed by atoms with E-state index < -0.39 is 24.3 Å². The molecule has 4 saturated heterocycles. The second kappa shape index (κ2) is 17.3. The highest BCUT2D eigenvalue weighted by molar-refractivity contribution is 5.87. The molecule has 2 aliphatic carbocycles. The lowest BCUT2D eigenvalue weighted by Gasteiger charge is -2.34. The van der Waals surface area contributed by atoms with Crippen molar-refractivity contribution in [3.8, 4) is 33.6 Å². The second-order valence-corrected chi connectivity index (χ2v) is 19.0. The van der Waals surface area contributed by atoms with Crippen molar-refractivity contribution in [2.75, 3.05) is 53.7 Å². The number of amides is 4. The van der Waals surface area contributed by atoms with Gasteiger partial charge in [0, 0.05) is 39.5 Å². The zero-order valence-electron chi connectivity index (χ0n) is 36.6. The van der Waals surface area contributed by atoms with Crippen LogP contribution in [0.4, 0.5) is 9.59 Å². The molecule has 4 aromatic rings. The van der Waals surface area contributed by atoms with Crippen LogP contribution in [0.1, 0.15) is 87.9 Å². The van der Waals surface area contributed by atoms with Gasteiger partial charge in [-0.05, 0) is 109 Å². The highest BCUT2D eigenvalue weighted by Gasteiger charge is 2.57. The minimum atomic E-state index is -0.685. The number of nitrogens with one attached hydrogen (secondary N) is 4. The maximum absolute atomic E-state index is 14.3. The number of aromatic nitrogens is 4. The monoisotopic (exact) mass is 874 g/mol. The van der Waals surface area contributed by atoms with Crippen molar-refractivity contribution in [3.63, 3.8) is 0 Å². The topological polar surface area (TPSA) is 193 Å². The van der Waals surface area contributed by atoms with Crippen molar-refractivity contribution in [3.05, 3.63) is 72.6 Å². The van der Waals surface area contributed by atoms with E-state index in [-0.39, 0.29) is 46.6 Å². The fraction of sp³-hybridized carbons (Fsp3) is 0.542. The summed E-state index contributed by atoms with van der Waals surface area (Å²) < 4.78 is 21.0. The Hall–Kier alpha value is -5.74. The molecule has 0 radical (unpaired) electrons. The lowest BCUT2D eigenvalue weighted by Crippen LogP contribution is -2.53. The Kier molecular flexibility index (Phi) is 11.4. The van der Waals surface area contributed by atoms with Gasteiger partial charge in [0.2, 0.25) is 11.8 Å². The van der Waals surface area contributed by atoms with Crippen molar-refractivity contribution < 1.29 is 38.1 Å². The van der Waals surface area contributed by atoms with E-state index in [1.165, 1.54) is 14.2 Å². The number of benzene rings is 2. The summed E-state index contributed by atoms with van der Waals surface area (Å²) in [6, 6.07) is 14.9. The van der Waals surface area contributed by atoms with Gasteiger partial charge in [-0.2, -0.15) is 0 Å². The summed E-state index contributed by atoms with van der Waals surface area (Å²) in [7, 11) is 2.64. The Morgan fingerprint density at radius 3 is 1.31 bits per heavy atom. The standard InChI is InChI=1S/C48H58N8O8/c1-61-45(59)53-39(33-11-19-63-20-12-33)43(57)55-27-47(15-16-47)23-37(55)41-49-25-35(51-41)31-7-3-29(4-8-31)30-5-9-32(10-6-30)36-26-50-42(52-36)38-24-48(17-18-48)28-56(38)44(58)40(54-46(60)62-2)34-13-21-64-22-14-34/h3-10,25-26,33-34,37-40H,11-24,27-28H2,1-2H3,(H,49,51)(H,50,52)(H,53,59)(H,54,60)/t37-,38-,39-,40-/m0/s1. The maximum Gasteiger partial charge on any atom is 0.407 e. The van der Waals surface area contributed by atoms with Crippen molar-refractivity contribution in [2.45, 2.75) is 88.4 Å². The van der Waals surface area contributed by atoms with Crippen LogP contribution in [-0.2, 0) is 28.5 Å². The number of carbonyl (C=O) groups excluding carboxylic acids is 4. The molecule has 4 N–H and O–H groups in total. The molecule has 0 unspecified atom stereocenters. The molecule has 4 aliphatic heterocycles. The third-order valence-electron chi connectivity index (χ3n) is 15.0. The molecular formula is C48H58N8O8. The SMILES string of the molecule is COC(=O)N[C@H](C(=O)N1CC2(CC2)C[C@H]1c1ncc(-c2ccc(-c3ccc(-c4cnc([C@@H]5CC6(CC6)CN5C(=O)[C@@H](NC(=O)OC)C5CCOCC5)[nH]4)cc3)cc2)[nH]1)C1CCOCC1. The van der Waals surface area contributed by atoms with Crippen LogP contribution in [0, 0.1) is 22.7 Å². The van der Waals surface area contributed by atoms with E-state index in [9.17, 15) is 19.2 Å². The van der Waals surface area contributed by atoms with Crippen LogP contribution < -0.4 is 10.6 Å². The van der Waals surface area contributed by atoms with E-state index >= 15 is 0 Å². The molecule has 6 heterocycles. The zero-order valence-corrected chi connectivity index (χ0v) is 36.6. The molecule has 4 amide bonds. The van der Waals surface area contributed by atoms with E-state index in [0.717, 1.165) is 83.8 Å². The fourth-order valence-corrected chi connectivity index (χ4v) is 10.7. The van der Waals surface area contributed by atoms with Crippen LogP contribution >= 0.6 is 0 Å². The lowest BCUT2D eigenvalue weighted by atomic mass is 9.90. The Labute approximate surface area is 372 Å². The molecule has 2 aromatic carbocycles. The van der Waals surface area contributed by atoms with Crippen molar-refractivity contribution in [2.24, 2.45) is 22.7 Å². The van der Waals surface area contributed by atoms with E-state index in [1.54, 1.807) is 0 Å². The van der Waals surface area contributed by atoms with Crippen molar-refractivity contribution >= 4 is 24.0 Å². The number of rotatable bonds is 11. The smallest absolute Gasteiger partial charge is 0.407 e. The van der Waals surface area contributed by atoms with Gasteiger partial charge in [-0.1, -0.05) is 48.5 Å². The van der Waals surface area contributed by atoms with Gasteiger partial charge in [-0.25, -0.2) is 19.6 Å². The Morgan fingerprint density at radius 2 is 0.969 bits per heavy atom. The highest BCUT2D eigenvalue weighted by Crippen LogP contribution is 2.59. The molecule has 4 atom stereocenters. The molecule has 6 fully saturated rings. The summed E-state index contributed by atoms with van der Waals surface area (Å²) >= 11 is 0. The quantitative estimate of drug-likeness (QED) is 0.129. The molecule has 64 heavy (non-hydrogen) atoms. The highest BCUT2D eigenvalue weighted by atomic mass is 16.5. The van der Waals surface area contributed by atoms with Crippen LogP contribution in [0.5, 0.6) is 0 Å². The Morgan fingerprint density at radius 1 is 0.609 bits per heavy atom. The van der Waals surface area contributed by atoms with Crippen LogP contribution in [0.3, 0.4) is 0 Å². The van der Waals surface area contributed by atoms with Crippen molar-refractivity contribution in [1.29, 1.82) is 0 Å². The number of alkyl carbamates (subject to hydrolysis) is 2. The molecule has 0 bridgehead atoms. The molecule has 338 valence electrons. The summed E-state index contributed by atoms with van der Waals surface area (Å²) in [6.07, 6.45) is 11.3. The van der Waals surface area contributed by atoms with Gasteiger partial charge in [0.1, 0.15) is 23.7 Å². The molecule has 2 saturated carbocycles. The first-order valence-corrected chi connectivity index (χ1v) is 22.9. The number of ether oxygens (including phenoxy) is 4. The Bertz CT molecular complexity index is 2180.